The van der Waals surface area contributed by atoms with Crippen LogP contribution in [0.2, 0.25) is 0 Å². The molecule has 0 aromatic rings. The van der Waals surface area contributed by atoms with E-state index in [4.69, 9.17) is 37.9 Å². The normalized spacial score (nSPS) is 42.0. The zero-order chi connectivity index (χ0) is 54.7. The van der Waals surface area contributed by atoms with Gasteiger partial charge < -0.3 is 43.0 Å². The van der Waals surface area contributed by atoms with Crippen LogP contribution in [0.3, 0.4) is 0 Å². The van der Waals surface area contributed by atoms with E-state index in [1.54, 1.807) is 0 Å². The van der Waals surface area contributed by atoms with Crippen LogP contribution < -0.4 is 0 Å². The molecule has 17 atom stereocenters. The van der Waals surface area contributed by atoms with Crippen molar-refractivity contribution in [2.24, 2.45) is 74.4 Å². The van der Waals surface area contributed by atoms with Crippen molar-refractivity contribution < 1.29 is 76.6 Å². The van der Waals surface area contributed by atoms with Gasteiger partial charge in [-0.15, -0.1) is 0 Å². The van der Waals surface area contributed by atoms with Gasteiger partial charge in [0.15, 0.2) is 17.6 Å². The second-order valence-corrected chi connectivity index (χ2v) is 27.4. The molecule has 13 aliphatic rings. The lowest BCUT2D eigenvalue weighted by Gasteiger charge is -2.59. The zero-order valence-corrected chi connectivity index (χ0v) is 46.4. The number of hydrogen-bond acceptors (Lipinski definition) is 17. The Labute approximate surface area is 442 Å². The predicted octanol–water partition coefficient (Wildman–Crippen LogP) is 7.82. The molecule has 0 spiro atoms. The Bertz CT molecular complexity index is 2280. The van der Waals surface area contributed by atoms with Gasteiger partial charge >= 0.3 is 41.8 Å². The van der Waals surface area contributed by atoms with Gasteiger partial charge in [-0.3, -0.25) is 33.6 Å². The van der Waals surface area contributed by atoms with Crippen LogP contribution in [-0.4, -0.2) is 107 Å². The molecule has 1 N–H and O–H groups in total. The molecule has 5 aliphatic heterocycles. The first kappa shape index (κ1) is 55.5. The number of ether oxygens (including phenoxy) is 8. The van der Waals surface area contributed by atoms with E-state index in [9.17, 15) is 43.9 Å². The van der Waals surface area contributed by atoms with Crippen molar-refractivity contribution in [1.82, 2.24) is 0 Å². The highest BCUT2D eigenvalue weighted by atomic mass is 16.7. The highest BCUT2D eigenvalue weighted by Gasteiger charge is 2.73. The first-order chi connectivity index (χ1) is 35.0. The van der Waals surface area contributed by atoms with Gasteiger partial charge in [0.2, 0.25) is 0 Å². The minimum absolute atomic E-state index is 0.0766. The molecule has 5 heterocycles. The molecule has 0 aromatic heterocycles. The molecule has 5 saturated heterocycles. The van der Waals surface area contributed by atoms with Crippen LogP contribution in [0, 0.1) is 85.7 Å². The Morgan fingerprint density at radius 2 is 1.09 bits per heavy atom. The summed E-state index contributed by atoms with van der Waals surface area (Å²) in [5.74, 6) is 0.192. The third-order valence-corrected chi connectivity index (χ3v) is 20.7. The van der Waals surface area contributed by atoms with Gasteiger partial charge in [0.05, 0.1) is 51.3 Å². The van der Waals surface area contributed by atoms with Crippen molar-refractivity contribution in [3.8, 4) is 6.07 Å². The molecule has 17 heteroatoms. The molecule has 17 unspecified atom stereocenters. The summed E-state index contributed by atoms with van der Waals surface area (Å²) in [6.45, 7) is 23.0. The third-order valence-electron chi connectivity index (χ3n) is 20.7. The number of nitrogens with zero attached hydrogens (tertiary/aromatic N) is 1. The van der Waals surface area contributed by atoms with Gasteiger partial charge in [0, 0.05) is 30.1 Å². The molecule has 8 saturated carbocycles. The molecule has 0 amide bonds. The minimum atomic E-state index is -0.974. The minimum Gasteiger partial charge on any atom is -0.459 e. The van der Waals surface area contributed by atoms with E-state index in [1.165, 1.54) is 6.42 Å². The lowest BCUT2D eigenvalue weighted by atomic mass is 9.52. The van der Waals surface area contributed by atoms with Crippen LogP contribution >= 0.6 is 0 Å². The van der Waals surface area contributed by atoms with Crippen LogP contribution in [0.5, 0.6) is 0 Å². The molecule has 10 bridgehead atoms. The highest BCUT2D eigenvalue weighted by Crippen LogP contribution is 2.63. The van der Waals surface area contributed by atoms with E-state index >= 15 is 0 Å². The van der Waals surface area contributed by atoms with E-state index in [-0.39, 0.29) is 95.6 Å². The van der Waals surface area contributed by atoms with Crippen LogP contribution in [0.4, 0.5) is 0 Å². The fourth-order valence-corrected chi connectivity index (χ4v) is 14.7. The third kappa shape index (κ3) is 9.57. The molecule has 416 valence electrons. The smallest absolute Gasteiger partial charge is 0.327 e. The SMILES string of the molecule is CCC(C)(C)C(=O)OC12CC3CC(CC(O)(C3)C1)C2.CCC(C)(C)C(=O)OC1C2CC3C(=O)OC1C3C2.CCC(C)(C)C(=O)OC1C2CC3C(=O)OC1C3O2.CCC(C)(C)C(=O)OC1C2CC3C1OC(=O)C3(C#N)C2. The fourth-order valence-electron chi connectivity index (χ4n) is 14.7. The molecular formula is C58H83NO16. The number of carbonyl (C=O) groups excluding carboxylic acids is 7. The van der Waals surface area contributed by atoms with E-state index < -0.39 is 57.0 Å². The van der Waals surface area contributed by atoms with Gasteiger partial charge in [-0.1, -0.05) is 27.7 Å². The average molecular weight is 1050 g/mol. The fraction of sp³-hybridized carbons (Fsp3) is 0.862. The van der Waals surface area contributed by atoms with Gasteiger partial charge in [-0.05, 0) is 157 Å². The number of esters is 7. The van der Waals surface area contributed by atoms with Crippen molar-refractivity contribution in [3.63, 3.8) is 0 Å². The van der Waals surface area contributed by atoms with Crippen LogP contribution in [0.25, 0.3) is 0 Å². The summed E-state index contributed by atoms with van der Waals surface area (Å²) < 4.78 is 44.5. The highest BCUT2D eigenvalue weighted by molar-refractivity contribution is 5.85. The molecule has 0 radical (unpaired) electrons. The van der Waals surface area contributed by atoms with Gasteiger partial charge in [-0.25, -0.2) is 0 Å². The standard InChI is InChI=1S/C16H26O3.C15H19NO4.C14H20O4.C13H18O5/c1-4-14(2,3)13(17)19-16-8-11-5-12(9-16)7-15(18,6-11)10-16;1-4-14(2,3)12(17)19-10-8-5-9-11(10)20-13(18)15(9,6-8)7-16;1-4-14(2,3)13(16)18-10-7-5-8-9(6-7)12(15)17-11(8)10;1-4-13(2,3)12(15)18-9-7-5-6-8(16-7)10(9)17-11(6)14/h11-12,18H,4-10H2,1-3H3;8-11H,4-6H2,1-3H3;7-11H,4-6H2,1-3H3;6-10H,4-5H2,1-3H3. The second-order valence-electron chi connectivity index (χ2n) is 27.4. The topological polar surface area (TPSA) is 237 Å². The largest absolute Gasteiger partial charge is 0.459 e. The van der Waals surface area contributed by atoms with Crippen LogP contribution in [0.1, 0.15) is 179 Å². The van der Waals surface area contributed by atoms with E-state index in [0.717, 1.165) is 57.8 Å². The molecule has 17 nitrogen and oxygen atoms in total. The first-order valence-electron chi connectivity index (χ1n) is 28.3. The van der Waals surface area contributed by atoms with Crippen molar-refractivity contribution in [3.05, 3.63) is 0 Å². The monoisotopic (exact) mass is 1050 g/mol. The molecule has 13 fully saturated rings. The summed E-state index contributed by atoms with van der Waals surface area (Å²) in [6.07, 6.45) is 9.90. The summed E-state index contributed by atoms with van der Waals surface area (Å²) in [5.41, 5.74) is -3.79. The van der Waals surface area contributed by atoms with E-state index in [0.29, 0.717) is 55.8 Å². The summed E-state index contributed by atoms with van der Waals surface area (Å²) in [4.78, 5) is 83.9. The quantitative estimate of drug-likeness (QED) is 0.145. The number of aliphatic hydroxyl groups is 1. The summed E-state index contributed by atoms with van der Waals surface area (Å²) in [5, 5.41) is 20.0. The number of hydrogen-bond donors (Lipinski definition) is 1. The Balaban J connectivity index is 0.000000123. The van der Waals surface area contributed by atoms with E-state index in [1.807, 2.05) is 83.1 Å². The first-order valence-corrected chi connectivity index (χ1v) is 28.3. The van der Waals surface area contributed by atoms with Crippen LogP contribution in [-0.2, 0) is 71.5 Å². The van der Waals surface area contributed by atoms with Gasteiger partial charge in [-0.2, -0.15) is 5.26 Å². The van der Waals surface area contributed by atoms with Crippen molar-refractivity contribution in [2.75, 3.05) is 0 Å². The maximum absolute atomic E-state index is 12.4. The zero-order valence-electron chi connectivity index (χ0n) is 46.4. The predicted molar refractivity (Wildman–Crippen MR) is 265 cm³/mol. The van der Waals surface area contributed by atoms with Crippen molar-refractivity contribution in [2.45, 2.75) is 239 Å². The van der Waals surface area contributed by atoms with E-state index in [2.05, 4.69) is 6.07 Å². The number of rotatable bonds is 12. The Hall–Kier alpha value is -4.30. The lowest BCUT2D eigenvalue weighted by Crippen LogP contribution is -2.61. The Morgan fingerprint density at radius 1 is 0.587 bits per heavy atom. The van der Waals surface area contributed by atoms with Crippen LogP contribution in [0.15, 0.2) is 0 Å². The maximum Gasteiger partial charge on any atom is 0.327 e. The van der Waals surface area contributed by atoms with Gasteiger partial charge in [0.25, 0.3) is 0 Å². The lowest BCUT2D eigenvalue weighted by molar-refractivity contribution is -0.225. The van der Waals surface area contributed by atoms with Gasteiger partial charge in [0.1, 0.15) is 36.1 Å². The Kier molecular flexibility index (Phi) is 14.2. The number of nitriles is 1. The number of carbonyl (C=O) groups is 7. The molecule has 0 aromatic carbocycles. The average Bonchev–Trinajstić information content (AvgIpc) is 4.27. The van der Waals surface area contributed by atoms with Crippen molar-refractivity contribution >= 4 is 41.8 Å². The summed E-state index contributed by atoms with van der Waals surface area (Å²) in [6, 6.07) is 2.15. The van der Waals surface area contributed by atoms with Crippen molar-refractivity contribution in [1.29, 1.82) is 5.26 Å². The molecule has 13 rings (SSSR count). The second kappa shape index (κ2) is 19.3. The maximum atomic E-state index is 12.4. The summed E-state index contributed by atoms with van der Waals surface area (Å²) >= 11 is 0. The molecular weight excluding hydrogens is 967 g/mol. The summed E-state index contributed by atoms with van der Waals surface area (Å²) in [7, 11) is 0. The molecule has 75 heavy (non-hydrogen) atoms. The Morgan fingerprint density at radius 3 is 1.63 bits per heavy atom. The number of fused-ring (bicyclic) bond motifs is 3. The molecule has 8 aliphatic carbocycles.